The van der Waals surface area contributed by atoms with Gasteiger partial charge in [0.15, 0.2) is 12.2 Å². The Hall–Kier alpha value is -2.17. The van der Waals surface area contributed by atoms with E-state index in [1.807, 2.05) is 27.7 Å². The molecular formula is C28H39ClF6N6O3. The van der Waals surface area contributed by atoms with Gasteiger partial charge in [-0.05, 0) is 12.1 Å². The van der Waals surface area contributed by atoms with Crippen molar-refractivity contribution >= 4 is 12.4 Å². The summed E-state index contributed by atoms with van der Waals surface area (Å²) in [4.78, 5) is 20.1. The minimum Gasteiger partial charge on any atom is -0.369 e. The van der Waals surface area contributed by atoms with Gasteiger partial charge in [0.05, 0.1) is 24.6 Å². The van der Waals surface area contributed by atoms with E-state index in [0.29, 0.717) is 23.0 Å². The highest BCUT2D eigenvalue weighted by Crippen LogP contribution is 2.33. The Labute approximate surface area is 259 Å². The summed E-state index contributed by atoms with van der Waals surface area (Å²) < 4.78 is 101. The molecule has 0 aromatic carbocycles. The minimum atomic E-state index is -5.03. The van der Waals surface area contributed by atoms with E-state index in [-0.39, 0.29) is 63.6 Å². The van der Waals surface area contributed by atoms with Gasteiger partial charge in [0.25, 0.3) is 0 Å². The van der Waals surface area contributed by atoms with Crippen LogP contribution in [0.4, 0.5) is 26.3 Å². The van der Waals surface area contributed by atoms with Crippen molar-refractivity contribution in [2.75, 3.05) is 52.5 Å². The van der Waals surface area contributed by atoms with Crippen molar-refractivity contribution in [3.05, 3.63) is 47.6 Å². The van der Waals surface area contributed by atoms with E-state index in [9.17, 15) is 26.3 Å². The predicted octanol–water partition coefficient (Wildman–Crippen LogP) is 5.26. The van der Waals surface area contributed by atoms with Crippen molar-refractivity contribution in [2.45, 2.75) is 76.3 Å². The molecule has 2 aliphatic rings. The first kappa shape index (κ1) is 36.3. The van der Waals surface area contributed by atoms with Crippen LogP contribution in [0.5, 0.6) is 0 Å². The van der Waals surface area contributed by atoms with Crippen LogP contribution in [0.15, 0.2) is 24.5 Å². The monoisotopic (exact) mass is 656 g/mol. The Balaban J connectivity index is 0.00000529. The second-order valence-electron chi connectivity index (χ2n) is 11.4. The van der Waals surface area contributed by atoms with Crippen molar-refractivity contribution < 1.29 is 40.6 Å². The van der Waals surface area contributed by atoms with Crippen molar-refractivity contribution in [1.29, 1.82) is 0 Å². The average molecular weight is 657 g/mol. The number of nitrogens with zero attached hydrogens (tertiary/aromatic N) is 6. The fraction of sp³-hybridized carbons (Fsp3) is 0.714. The molecule has 2 aromatic heterocycles. The lowest BCUT2D eigenvalue weighted by atomic mass is 10.1. The molecule has 9 nitrogen and oxygen atoms in total. The smallest absolute Gasteiger partial charge is 0.369 e. The molecule has 0 saturated carbocycles. The van der Waals surface area contributed by atoms with Crippen LogP contribution in [-0.2, 0) is 14.2 Å². The van der Waals surface area contributed by atoms with Crippen molar-refractivity contribution in [1.82, 2.24) is 29.7 Å². The van der Waals surface area contributed by atoms with Gasteiger partial charge in [-0.3, -0.25) is 9.80 Å². The zero-order chi connectivity index (χ0) is 31.4. The van der Waals surface area contributed by atoms with Gasteiger partial charge in [0.2, 0.25) is 0 Å². The molecule has 0 spiro atoms. The maximum absolute atomic E-state index is 14.1. The number of morpholine rings is 2. The SMILES string of the molecule is CC(C)c1nccc([C@H]2CN(C[C@H](O[C@@H](CN3CCO[C@@H](c4ccnc(C(C)C)n4)C3)C(F)(F)F)C(F)(F)F)CCO2)n1.Cl. The molecule has 4 atom stereocenters. The molecule has 0 bridgehead atoms. The van der Waals surface area contributed by atoms with E-state index >= 15 is 0 Å². The summed E-state index contributed by atoms with van der Waals surface area (Å²) >= 11 is 0. The summed E-state index contributed by atoms with van der Waals surface area (Å²) in [5.41, 5.74) is 1.01. The third kappa shape index (κ3) is 9.91. The molecule has 2 saturated heterocycles. The number of aromatic nitrogens is 4. The molecule has 16 heteroatoms. The molecule has 2 aliphatic heterocycles. The fourth-order valence-corrected chi connectivity index (χ4v) is 4.90. The first-order valence-corrected chi connectivity index (χ1v) is 14.3. The van der Waals surface area contributed by atoms with Gasteiger partial charge in [-0.15, -0.1) is 12.4 Å². The second-order valence-corrected chi connectivity index (χ2v) is 11.4. The molecule has 2 aromatic rings. The van der Waals surface area contributed by atoms with Gasteiger partial charge < -0.3 is 14.2 Å². The van der Waals surface area contributed by atoms with Gasteiger partial charge in [0, 0.05) is 63.5 Å². The Kier molecular flexibility index (Phi) is 12.7. The second kappa shape index (κ2) is 15.4. The number of ether oxygens (including phenoxy) is 3. The van der Waals surface area contributed by atoms with Gasteiger partial charge in [-0.25, -0.2) is 19.9 Å². The van der Waals surface area contributed by atoms with Gasteiger partial charge in [0.1, 0.15) is 23.9 Å². The zero-order valence-electron chi connectivity index (χ0n) is 25.0. The number of alkyl halides is 6. The zero-order valence-corrected chi connectivity index (χ0v) is 25.8. The van der Waals surface area contributed by atoms with Crippen LogP contribution in [-0.4, -0.2) is 107 Å². The third-order valence-electron chi connectivity index (χ3n) is 7.29. The van der Waals surface area contributed by atoms with E-state index in [1.54, 1.807) is 24.5 Å². The molecule has 44 heavy (non-hydrogen) atoms. The standard InChI is InChI=1S/C28H38F6N6O3.ClH/c1-17(2)25-35-7-5-19(37-25)21-13-39(9-11-41-21)15-23(27(29,30)31)43-24(28(32,33)34)16-40-10-12-42-22(14-40)20-6-8-36-26(38-20)18(3)4;/h5-8,17-18,21-24H,9-16H2,1-4H3;1H/t21-,22-,23+,24+;/m1./s1. The maximum atomic E-state index is 14.1. The van der Waals surface area contributed by atoms with Crippen LogP contribution in [0.2, 0.25) is 0 Å². The van der Waals surface area contributed by atoms with Gasteiger partial charge in [-0.2, -0.15) is 26.3 Å². The largest absolute Gasteiger partial charge is 0.415 e. The van der Waals surface area contributed by atoms with Crippen molar-refractivity contribution in [2.24, 2.45) is 0 Å². The molecule has 0 radical (unpaired) electrons. The van der Waals surface area contributed by atoms with E-state index < -0.39 is 49.9 Å². The lowest BCUT2D eigenvalue weighted by Gasteiger charge is -2.38. The molecule has 0 amide bonds. The summed E-state index contributed by atoms with van der Waals surface area (Å²) in [6, 6.07) is 3.25. The van der Waals surface area contributed by atoms with Crippen molar-refractivity contribution in [3.8, 4) is 0 Å². The highest BCUT2D eigenvalue weighted by Gasteiger charge is 2.50. The van der Waals surface area contributed by atoms with E-state index in [1.165, 1.54) is 9.80 Å². The van der Waals surface area contributed by atoms with Gasteiger partial charge >= 0.3 is 12.4 Å². The number of rotatable bonds is 10. The van der Waals surface area contributed by atoms with Crippen LogP contribution in [0.25, 0.3) is 0 Å². The first-order valence-electron chi connectivity index (χ1n) is 14.3. The highest BCUT2D eigenvalue weighted by atomic mass is 35.5. The van der Waals surface area contributed by atoms with E-state index in [0.717, 1.165) is 0 Å². The van der Waals surface area contributed by atoms with Crippen LogP contribution >= 0.6 is 12.4 Å². The summed E-state index contributed by atoms with van der Waals surface area (Å²) in [7, 11) is 0. The van der Waals surface area contributed by atoms with Crippen LogP contribution in [0.3, 0.4) is 0 Å². The van der Waals surface area contributed by atoms with Crippen LogP contribution in [0, 0.1) is 0 Å². The summed E-state index contributed by atoms with van der Waals surface area (Å²) in [6.45, 7) is 6.51. The molecule has 4 rings (SSSR count). The Morgan fingerprint density at radius 3 is 1.48 bits per heavy atom. The summed E-state index contributed by atoms with van der Waals surface area (Å²) in [5.74, 6) is 1.19. The van der Waals surface area contributed by atoms with E-state index in [2.05, 4.69) is 19.9 Å². The average Bonchev–Trinajstić information content (AvgIpc) is 2.96. The quantitative estimate of drug-likeness (QED) is 0.318. The Bertz CT molecular complexity index is 1100. The van der Waals surface area contributed by atoms with E-state index in [4.69, 9.17) is 14.2 Å². The van der Waals surface area contributed by atoms with Gasteiger partial charge in [-0.1, -0.05) is 27.7 Å². The summed E-state index contributed by atoms with van der Waals surface area (Å²) in [5, 5.41) is 0. The lowest BCUT2D eigenvalue weighted by Crippen LogP contribution is -2.53. The maximum Gasteiger partial charge on any atom is 0.415 e. The topological polar surface area (TPSA) is 85.7 Å². The molecule has 248 valence electrons. The van der Waals surface area contributed by atoms with Crippen molar-refractivity contribution in [3.63, 3.8) is 0 Å². The molecular weight excluding hydrogens is 618 g/mol. The number of halogens is 7. The summed E-state index contributed by atoms with van der Waals surface area (Å²) in [6.07, 6.45) is -13.6. The normalized spacial score (nSPS) is 22.2. The first-order chi connectivity index (χ1) is 20.2. The third-order valence-corrected chi connectivity index (χ3v) is 7.29. The van der Waals surface area contributed by atoms with Crippen LogP contribution < -0.4 is 0 Å². The molecule has 4 heterocycles. The number of hydrogen-bond acceptors (Lipinski definition) is 9. The Morgan fingerprint density at radius 2 is 1.14 bits per heavy atom. The molecule has 0 unspecified atom stereocenters. The molecule has 2 fully saturated rings. The minimum absolute atomic E-state index is 0. The predicted molar refractivity (Wildman–Crippen MR) is 151 cm³/mol. The number of hydrogen-bond donors (Lipinski definition) is 0. The van der Waals surface area contributed by atoms with Crippen LogP contribution in [0.1, 0.15) is 74.8 Å². The highest BCUT2D eigenvalue weighted by molar-refractivity contribution is 5.85. The Morgan fingerprint density at radius 1 is 0.750 bits per heavy atom. The molecule has 0 aliphatic carbocycles. The lowest BCUT2D eigenvalue weighted by molar-refractivity contribution is -0.292. The fourth-order valence-electron chi connectivity index (χ4n) is 4.90. The molecule has 0 N–H and O–H groups in total.